The van der Waals surface area contributed by atoms with Crippen molar-refractivity contribution in [3.05, 3.63) is 69.6 Å². The maximum atomic E-state index is 12.4. The van der Waals surface area contributed by atoms with Gasteiger partial charge in [-0.1, -0.05) is 18.2 Å². The average molecular weight is 307 g/mol. The smallest absolute Gasteiger partial charge is 0.283 e. The number of pyridine rings is 1. The third kappa shape index (κ3) is 2.73. The van der Waals surface area contributed by atoms with Crippen LogP contribution >= 0.6 is 0 Å². The highest BCUT2D eigenvalue weighted by Crippen LogP contribution is 2.20. The van der Waals surface area contributed by atoms with Crippen molar-refractivity contribution < 1.29 is 5.11 Å². The number of fused-ring (bicyclic) bond motifs is 1. The molecule has 0 amide bonds. The summed E-state index contributed by atoms with van der Waals surface area (Å²) in [5.41, 5.74) is 2.69. The lowest BCUT2D eigenvalue weighted by Gasteiger charge is -2.15. The lowest BCUT2D eigenvalue weighted by atomic mass is 10.1. The van der Waals surface area contributed by atoms with E-state index in [1.54, 1.807) is 11.5 Å². The summed E-state index contributed by atoms with van der Waals surface area (Å²) >= 11 is 0. The molecule has 5 heteroatoms. The van der Waals surface area contributed by atoms with Crippen molar-refractivity contribution in [1.82, 2.24) is 14.5 Å². The molecule has 1 N–H and O–H groups in total. The number of para-hydroxylation sites is 1. The Labute approximate surface area is 133 Å². The molecule has 0 atom stereocenters. The second-order valence-electron chi connectivity index (χ2n) is 5.51. The average Bonchev–Trinajstić information content (AvgIpc) is 2.46. The highest BCUT2D eigenvalue weighted by Gasteiger charge is 2.15. The van der Waals surface area contributed by atoms with E-state index >= 15 is 0 Å². The van der Waals surface area contributed by atoms with E-state index < -0.39 is 0 Å². The molecule has 2 heterocycles. The van der Waals surface area contributed by atoms with Crippen molar-refractivity contribution in [2.45, 2.75) is 20.8 Å². The number of hydrogen-bond donors (Lipinski definition) is 1. The second kappa shape index (κ2) is 5.68. The number of aliphatic hydroxyl groups is 1. The van der Waals surface area contributed by atoms with Crippen molar-refractivity contribution >= 4 is 17.1 Å². The number of aliphatic hydroxyl groups excluding tert-OH is 1. The molecule has 0 fully saturated rings. The molecule has 116 valence electrons. The normalized spacial score (nSPS) is 11.9. The van der Waals surface area contributed by atoms with E-state index in [1.807, 2.05) is 50.2 Å². The van der Waals surface area contributed by atoms with Crippen LogP contribution in [0.15, 0.2) is 47.0 Å². The summed E-state index contributed by atoms with van der Waals surface area (Å²) in [5, 5.41) is 10.1. The Morgan fingerprint density at radius 2 is 1.87 bits per heavy atom. The van der Waals surface area contributed by atoms with Gasteiger partial charge in [-0.05, 0) is 44.5 Å². The van der Waals surface area contributed by atoms with Crippen LogP contribution in [0.2, 0.25) is 0 Å². The molecule has 0 aliphatic rings. The van der Waals surface area contributed by atoms with Gasteiger partial charge in [0.25, 0.3) is 5.56 Å². The molecule has 0 aliphatic carbocycles. The maximum absolute atomic E-state index is 12.4. The SMILES string of the molecule is C/C(O)=C/c1nc(=O)c2c(C)cc(C)nc2n1-c1ccccc1. The van der Waals surface area contributed by atoms with Crippen molar-refractivity contribution in [3.8, 4) is 5.69 Å². The fourth-order valence-corrected chi connectivity index (χ4v) is 2.68. The predicted octanol–water partition coefficient (Wildman–Crippen LogP) is 3.32. The van der Waals surface area contributed by atoms with Gasteiger partial charge >= 0.3 is 0 Å². The Morgan fingerprint density at radius 3 is 2.52 bits per heavy atom. The van der Waals surface area contributed by atoms with Gasteiger partial charge in [0.05, 0.1) is 11.1 Å². The van der Waals surface area contributed by atoms with Gasteiger partial charge in [-0.25, -0.2) is 4.98 Å². The number of hydrogen-bond acceptors (Lipinski definition) is 4. The predicted molar refractivity (Wildman–Crippen MR) is 90.9 cm³/mol. The number of benzene rings is 1. The fourth-order valence-electron chi connectivity index (χ4n) is 2.68. The first kappa shape index (κ1) is 15.0. The zero-order chi connectivity index (χ0) is 16.6. The van der Waals surface area contributed by atoms with E-state index in [4.69, 9.17) is 0 Å². The molecule has 2 aromatic heterocycles. The van der Waals surface area contributed by atoms with Crippen molar-refractivity contribution in [3.63, 3.8) is 0 Å². The van der Waals surface area contributed by atoms with Crippen molar-refractivity contribution in [2.24, 2.45) is 0 Å². The largest absolute Gasteiger partial charge is 0.512 e. The summed E-state index contributed by atoms with van der Waals surface area (Å²) < 4.78 is 1.79. The number of aromatic nitrogens is 3. The molecule has 0 aliphatic heterocycles. The zero-order valence-electron chi connectivity index (χ0n) is 13.2. The van der Waals surface area contributed by atoms with Gasteiger partial charge in [0.2, 0.25) is 0 Å². The van der Waals surface area contributed by atoms with Crippen molar-refractivity contribution in [1.29, 1.82) is 0 Å². The van der Waals surface area contributed by atoms with E-state index in [-0.39, 0.29) is 11.3 Å². The molecule has 0 saturated carbocycles. The minimum atomic E-state index is -0.343. The number of aryl methyl sites for hydroxylation is 2. The van der Waals surface area contributed by atoms with Gasteiger partial charge in [0.15, 0.2) is 5.65 Å². The Kier molecular flexibility index (Phi) is 3.70. The van der Waals surface area contributed by atoms with Crippen molar-refractivity contribution in [2.75, 3.05) is 0 Å². The molecule has 0 saturated heterocycles. The highest BCUT2D eigenvalue weighted by molar-refractivity contribution is 5.81. The molecule has 3 aromatic rings. The molecular weight excluding hydrogens is 290 g/mol. The Balaban J connectivity index is 2.54. The topological polar surface area (TPSA) is 68.0 Å². The summed E-state index contributed by atoms with van der Waals surface area (Å²) in [5.74, 6) is 0.427. The quantitative estimate of drug-likeness (QED) is 0.737. The minimum Gasteiger partial charge on any atom is -0.512 e. The molecule has 0 spiro atoms. The minimum absolute atomic E-state index is 0.0744. The summed E-state index contributed by atoms with van der Waals surface area (Å²) in [6.07, 6.45) is 1.47. The number of rotatable bonds is 2. The monoisotopic (exact) mass is 307 g/mol. The Hall–Kier alpha value is -2.95. The third-order valence-electron chi connectivity index (χ3n) is 3.55. The van der Waals surface area contributed by atoms with Gasteiger partial charge < -0.3 is 5.11 Å². The summed E-state index contributed by atoms with van der Waals surface area (Å²) in [6, 6.07) is 11.4. The summed E-state index contributed by atoms with van der Waals surface area (Å²) in [7, 11) is 0. The van der Waals surface area contributed by atoms with E-state index in [0.717, 1.165) is 16.9 Å². The van der Waals surface area contributed by atoms with Crippen LogP contribution in [0.5, 0.6) is 0 Å². The first-order chi connectivity index (χ1) is 11.0. The zero-order valence-corrected chi connectivity index (χ0v) is 13.2. The Bertz CT molecular complexity index is 969. The van der Waals surface area contributed by atoms with Crippen LogP contribution in [0.25, 0.3) is 22.8 Å². The van der Waals surface area contributed by atoms with Gasteiger partial charge in [0, 0.05) is 17.5 Å². The van der Waals surface area contributed by atoms with Crippen LogP contribution in [0.3, 0.4) is 0 Å². The molecule has 0 radical (unpaired) electrons. The standard InChI is InChI=1S/C18H17N3O2/c1-11-9-12(2)19-17-16(11)18(23)20-15(10-13(3)22)21(17)14-7-5-4-6-8-14/h4-10,22H,1-3H3/b13-10-. The van der Waals surface area contributed by atoms with Crippen LogP contribution in [0.4, 0.5) is 0 Å². The third-order valence-corrected chi connectivity index (χ3v) is 3.55. The van der Waals surface area contributed by atoms with Gasteiger partial charge in [-0.15, -0.1) is 0 Å². The summed E-state index contributed by atoms with van der Waals surface area (Å²) in [4.78, 5) is 21.1. The molecule has 0 bridgehead atoms. The van der Waals surface area contributed by atoms with Gasteiger partial charge in [-0.3, -0.25) is 9.36 Å². The van der Waals surface area contributed by atoms with Crippen LogP contribution in [-0.2, 0) is 0 Å². The lowest BCUT2D eigenvalue weighted by molar-refractivity contribution is 0.419. The second-order valence-corrected chi connectivity index (χ2v) is 5.51. The van der Waals surface area contributed by atoms with Crippen LogP contribution < -0.4 is 5.56 Å². The van der Waals surface area contributed by atoms with Gasteiger partial charge in [0.1, 0.15) is 5.82 Å². The fraction of sp³-hybridized carbons (Fsp3) is 0.167. The molecule has 23 heavy (non-hydrogen) atoms. The first-order valence-electron chi connectivity index (χ1n) is 7.31. The van der Waals surface area contributed by atoms with E-state index in [0.29, 0.717) is 16.9 Å². The molecular formula is C18H17N3O2. The van der Waals surface area contributed by atoms with Gasteiger partial charge in [-0.2, -0.15) is 4.98 Å². The lowest BCUT2D eigenvalue weighted by Crippen LogP contribution is -2.18. The van der Waals surface area contributed by atoms with Crippen LogP contribution in [0.1, 0.15) is 24.0 Å². The van der Waals surface area contributed by atoms with E-state index in [9.17, 15) is 9.90 Å². The molecule has 3 rings (SSSR count). The molecule has 5 nitrogen and oxygen atoms in total. The van der Waals surface area contributed by atoms with Crippen LogP contribution in [-0.4, -0.2) is 19.6 Å². The van der Waals surface area contributed by atoms with E-state index in [2.05, 4.69) is 9.97 Å². The highest BCUT2D eigenvalue weighted by atomic mass is 16.3. The van der Waals surface area contributed by atoms with E-state index in [1.165, 1.54) is 6.08 Å². The summed E-state index contributed by atoms with van der Waals surface area (Å²) in [6.45, 7) is 5.31. The maximum Gasteiger partial charge on any atom is 0.283 e. The Morgan fingerprint density at radius 1 is 1.17 bits per heavy atom. The number of nitrogens with zero attached hydrogens (tertiary/aromatic N) is 3. The first-order valence-corrected chi connectivity index (χ1v) is 7.31. The number of allylic oxidation sites excluding steroid dienone is 1. The van der Waals surface area contributed by atoms with Crippen LogP contribution in [0, 0.1) is 13.8 Å². The molecule has 0 unspecified atom stereocenters. The molecule has 1 aromatic carbocycles.